The van der Waals surface area contributed by atoms with E-state index in [-0.39, 0.29) is 11.4 Å². The molecule has 9 heteroatoms. The first-order valence-corrected chi connectivity index (χ1v) is 9.51. The Morgan fingerprint density at radius 1 is 1.31 bits per heavy atom. The first-order chi connectivity index (χ1) is 12.5. The summed E-state index contributed by atoms with van der Waals surface area (Å²) < 4.78 is 10.3. The van der Waals surface area contributed by atoms with Crippen LogP contribution in [0, 0.1) is 0 Å². The maximum atomic E-state index is 12.5. The van der Waals surface area contributed by atoms with Crippen molar-refractivity contribution in [3.8, 4) is 11.5 Å². The lowest BCUT2D eigenvalue weighted by atomic mass is 10.1. The smallest absolute Gasteiger partial charge is 0.252 e. The maximum absolute atomic E-state index is 12.5. The number of benzene rings is 1. The van der Waals surface area contributed by atoms with Gasteiger partial charge in [-0.2, -0.15) is 0 Å². The standard InChI is InChI=1S/C17H26N4O4S/c1-4-5-8-26-17-20-14(18)13(16(23)21-17)19-15(22)10-6-7-11(24-2)12(9-10)25-3/h6-7,9,13-14,17,20H,4-5,8,18H2,1-3H3,(H,19,22)(H,21,23). The Labute approximate surface area is 157 Å². The molecule has 0 aromatic heterocycles. The Hall–Kier alpha value is -1.97. The van der Waals surface area contributed by atoms with Crippen molar-refractivity contribution in [2.45, 2.75) is 37.5 Å². The van der Waals surface area contributed by atoms with Gasteiger partial charge in [-0.3, -0.25) is 14.9 Å². The second-order valence-corrected chi connectivity index (χ2v) is 7.04. The molecule has 1 aromatic rings. The fourth-order valence-corrected chi connectivity index (χ4v) is 3.63. The van der Waals surface area contributed by atoms with Crippen molar-refractivity contribution < 1.29 is 19.1 Å². The molecular weight excluding hydrogens is 356 g/mol. The van der Waals surface area contributed by atoms with E-state index in [4.69, 9.17) is 15.2 Å². The zero-order valence-corrected chi connectivity index (χ0v) is 16.0. The summed E-state index contributed by atoms with van der Waals surface area (Å²) in [6.45, 7) is 2.11. The predicted octanol–water partition coefficient (Wildman–Crippen LogP) is 0.623. The van der Waals surface area contributed by atoms with Crippen LogP contribution in [0.25, 0.3) is 0 Å². The van der Waals surface area contributed by atoms with E-state index in [1.54, 1.807) is 30.0 Å². The normalized spacial score (nSPS) is 22.5. The van der Waals surface area contributed by atoms with E-state index >= 15 is 0 Å². The SMILES string of the molecule is CCCCSC1NC(=O)C(NC(=O)c2ccc(OC)c(OC)c2)C(N)N1. The zero-order chi connectivity index (χ0) is 19.1. The van der Waals surface area contributed by atoms with Gasteiger partial charge in [-0.05, 0) is 30.4 Å². The third kappa shape index (κ3) is 5.03. The largest absolute Gasteiger partial charge is 0.493 e. The van der Waals surface area contributed by atoms with Crippen molar-refractivity contribution in [1.29, 1.82) is 0 Å². The van der Waals surface area contributed by atoms with Gasteiger partial charge in [0.1, 0.15) is 11.5 Å². The Kier molecular flexibility index (Phi) is 7.55. The van der Waals surface area contributed by atoms with E-state index in [2.05, 4.69) is 22.9 Å². The summed E-state index contributed by atoms with van der Waals surface area (Å²) in [7, 11) is 3.01. The molecule has 3 atom stereocenters. The Balaban J connectivity index is 1.99. The van der Waals surface area contributed by atoms with Crippen molar-refractivity contribution in [2.75, 3.05) is 20.0 Å². The number of carbonyl (C=O) groups is 2. The van der Waals surface area contributed by atoms with Crippen LogP contribution < -0.4 is 31.2 Å². The number of ether oxygens (including phenoxy) is 2. The van der Waals surface area contributed by atoms with Gasteiger partial charge in [0, 0.05) is 5.56 Å². The fraction of sp³-hybridized carbons (Fsp3) is 0.529. The van der Waals surface area contributed by atoms with Crippen LogP contribution in [-0.2, 0) is 4.79 Å². The summed E-state index contributed by atoms with van der Waals surface area (Å²) in [5, 5.41) is 8.60. The molecule has 5 N–H and O–H groups in total. The Bertz CT molecular complexity index is 643. The van der Waals surface area contributed by atoms with Gasteiger partial charge in [0.05, 0.1) is 20.4 Å². The molecule has 1 fully saturated rings. The molecule has 1 aliphatic heterocycles. The molecule has 1 aliphatic rings. The molecule has 1 heterocycles. The second kappa shape index (κ2) is 9.65. The first kappa shape index (κ1) is 20.3. The minimum absolute atomic E-state index is 0.252. The van der Waals surface area contributed by atoms with Crippen molar-refractivity contribution in [3.63, 3.8) is 0 Å². The topological polar surface area (TPSA) is 115 Å². The Morgan fingerprint density at radius 2 is 2.04 bits per heavy atom. The molecule has 144 valence electrons. The molecule has 26 heavy (non-hydrogen) atoms. The van der Waals surface area contributed by atoms with Crippen LogP contribution in [0.15, 0.2) is 18.2 Å². The van der Waals surface area contributed by atoms with Gasteiger partial charge in [0.15, 0.2) is 11.5 Å². The van der Waals surface area contributed by atoms with E-state index in [1.165, 1.54) is 14.2 Å². The van der Waals surface area contributed by atoms with Gasteiger partial charge in [0.25, 0.3) is 5.91 Å². The number of methoxy groups -OCH3 is 2. The quantitative estimate of drug-likeness (QED) is 0.487. The highest BCUT2D eigenvalue weighted by molar-refractivity contribution is 7.99. The lowest BCUT2D eigenvalue weighted by Crippen LogP contribution is -2.70. The molecule has 0 aliphatic carbocycles. The van der Waals surface area contributed by atoms with Crippen molar-refractivity contribution in [1.82, 2.24) is 16.0 Å². The average molecular weight is 382 g/mol. The van der Waals surface area contributed by atoms with Crippen LogP contribution in [0.2, 0.25) is 0 Å². The molecule has 1 aromatic carbocycles. The van der Waals surface area contributed by atoms with Crippen molar-refractivity contribution in [3.05, 3.63) is 23.8 Å². The number of thioether (sulfide) groups is 1. The van der Waals surface area contributed by atoms with Crippen LogP contribution in [0.3, 0.4) is 0 Å². The molecule has 2 rings (SSSR count). The highest BCUT2D eigenvalue weighted by Gasteiger charge is 2.35. The highest BCUT2D eigenvalue weighted by Crippen LogP contribution is 2.27. The fourth-order valence-electron chi connectivity index (χ4n) is 2.49. The number of carbonyl (C=O) groups excluding carboxylic acids is 2. The number of nitrogens with one attached hydrogen (secondary N) is 3. The average Bonchev–Trinajstić information content (AvgIpc) is 2.64. The maximum Gasteiger partial charge on any atom is 0.252 e. The molecule has 8 nitrogen and oxygen atoms in total. The van der Waals surface area contributed by atoms with Gasteiger partial charge in [0.2, 0.25) is 5.91 Å². The van der Waals surface area contributed by atoms with Gasteiger partial charge in [-0.15, -0.1) is 11.8 Å². The molecule has 2 amide bonds. The van der Waals surface area contributed by atoms with E-state index in [9.17, 15) is 9.59 Å². The molecular formula is C17H26N4O4S. The summed E-state index contributed by atoms with van der Waals surface area (Å²) in [4.78, 5) is 24.8. The van der Waals surface area contributed by atoms with Gasteiger partial charge >= 0.3 is 0 Å². The third-order valence-corrected chi connectivity index (χ3v) is 5.09. The lowest BCUT2D eigenvalue weighted by molar-refractivity contribution is -0.125. The van der Waals surface area contributed by atoms with E-state index < -0.39 is 18.1 Å². The predicted molar refractivity (Wildman–Crippen MR) is 101 cm³/mol. The van der Waals surface area contributed by atoms with Gasteiger partial charge in [-0.1, -0.05) is 13.3 Å². The molecule has 0 radical (unpaired) electrons. The monoisotopic (exact) mass is 382 g/mol. The van der Waals surface area contributed by atoms with E-state index in [0.29, 0.717) is 17.1 Å². The highest BCUT2D eigenvalue weighted by atomic mass is 32.2. The zero-order valence-electron chi connectivity index (χ0n) is 15.2. The van der Waals surface area contributed by atoms with Crippen LogP contribution in [-0.4, -0.2) is 49.5 Å². The van der Waals surface area contributed by atoms with E-state index in [1.807, 2.05) is 0 Å². The second-order valence-electron chi connectivity index (χ2n) is 5.83. The number of nitrogens with two attached hydrogens (primary N) is 1. The molecule has 1 saturated heterocycles. The summed E-state index contributed by atoms with van der Waals surface area (Å²) in [6, 6.07) is 3.92. The summed E-state index contributed by atoms with van der Waals surface area (Å²) in [5.41, 5.74) is 6.15. The molecule has 0 bridgehead atoms. The van der Waals surface area contributed by atoms with Crippen molar-refractivity contribution >= 4 is 23.6 Å². The third-order valence-electron chi connectivity index (χ3n) is 3.97. The Morgan fingerprint density at radius 3 is 2.65 bits per heavy atom. The molecule has 0 saturated carbocycles. The number of hydrogen-bond acceptors (Lipinski definition) is 7. The molecule has 3 unspecified atom stereocenters. The summed E-state index contributed by atoms with van der Waals surface area (Å²) in [5.74, 6) is 1.15. The van der Waals surface area contributed by atoms with E-state index in [0.717, 1.165) is 18.6 Å². The summed E-state index contributed by atoms with van der Waals surface area (Å²) >= 11 is 1.59. The number of hydrogen-bond donors (Lipinski definition) is 4. The number of amides is 2. The minimum Gasteiger partial charge on any atom is -0.493 e. The van der Waals surface area contributed by atoms with Gasteiger partial charge < -0.3 is 25.8 Å². The summed E-state index contributed by atoms with van der Waals surface area (Å²) in [6.07, 6.45) is 1.48. The minimum atomic E-state index is -0.862. The van der Waals surface area contributed by atoms with Crippen molar-refractivity contribution in [2.24, 2.45) is 5.73 Å². The number of unbranched alkanes of at least 4 members (excludes halogenated alkanes) is 1. The van der Waals surface area contributed by atoms with Crippen LogP contribution in [0.5, 0.6) is 11.5 Å². The van der Waals surface area contributed by atoms with Gasteiger partial charge in [-0.25, -0.2) is 0 Å². The molecule has 0 spiro atoms. The lowest BCUT2D eigenvalue weighted by Gasteiger charge is -2.35. The number of rotatable bonds is 8. The first-order valence-electron chi connectivity index (χ1n) is 8.46. The van der Waals surface area contributed by atoms with Crippen LogP contribution in [0.4, 0.5) is 0 Å². The van der Waals surface area contributed by atoms with Crippen LogP contribution >= 0.6 is 11.8 Å². The van der Waals surface area contributed by atoms with Crippen LogP contribution in [0.1, 0.15) is 30.1 Å².